The Kier molecular flexibility index (Phi) is 4.79. The maximum absolute atomic E-state index is 13.1. The van der Waals surface area contributed by atoms with Gasteiger partial charge in [-0.1, -0.05) is 17.3 Å². The van der Waals surface area contributed by atoms with Gasteiger partial charge >= 0.3 is 0 Å². The summed E-state index contributed by atoms with van der Waals surface area (Å²) < 4.78 is 23.4. The summed E-state index contributed by atoms with van der Waals surface area (Å²) in [5.41, 5.74) is 2.30. The molecule has 0 unspecified atom stereocenters. The van der Waals surface area contributed by atoms with Crippen LogP contribution in [-0.4, -0.2) is 18.2 Å². The van der Waals surface area contributed by atoms with Crippen molar-refractivity contribution < 1.29 is 18.4 Å². The summed E-state index contributed by atoms with van der Waals surface area (Å²) in [5.74, 6) is 0.512. The van der Waals surface area contributed by atoms with Crippen LogP contribution < -0.4 is 10.1 Å². The number of halogens is 1. The standard InChI is InChI=1S/C19H17FN2O3/c1-12-17(18(22-25-12)14-5-7-15(20)8-6-14)19(23)21-11-13-3-9-16(24-2)10-4-13/h3-10H,11H2,1-2H3,(H,21,23). The van der Waals surface area contributed by atoms with Crippen molar-refractivity contribution in [3.8, 4) is 17.0 Å². The third-order valence-electron chi connectivity index (χ3n) is 3.82. The second kappa shape index (κ2) is 7.17. The van der Waals surface area contributed by atoms with Gasteiger partial charge in [0.05, 0.1) is 7.11 Å². The number of carbonyl (C=O) groups is 1. The molecule has 0 aliphatic heterocycles. The average molecular weight is 340 g/mol. The number of methoxy groups -OCH3 is 1. The van der Waals surface area contributed by atoms with Crippen LogP contribution in [0.3, 0.4) is 0 Å². The van der Waals surface area contributed by atoms with Crippen LogP contribution in [0.1, 0.15) is 21.7 Å². The highest BCUT2D eigenvalue weighted by Crippen LogP contribution is 2.25. The largest absolute Gasteiger partial charge is 0.497 e. The fourth-order valence-electron chi connectivity index (χ4n) is 2.46. The Morgan fingerprint density at radius 3 is 2.48 bits per heavy atom. The third-order valence-corrected chi connectivity index (χ3v) is 3.82. The molecule has 0 atom stereocenters. The van der Waals surface area contributed by atoms with E-state index in [2.05, 4.69) is 10.5 Å². The fraction of sp³-hybridized carbons (Fsp3) is 0.158. The van der Waals surface area contributed by atoms with Gasteiger partial charge in [0.1, 0.15) is 28.6 Å². The second-order valence-corrected chi connectivity index (χ2v) is 5.50. The summed E-state index contributed by atoms with van der Waals surface area (Å²) in [5, 5.41) is 6.79. The van der Waals surface area contributed by atoms with Gasteiger partial charge in [0.2, 0.25) is 0 Å². The van der Waals surface area contributed by atoms with E-state index in [0.29, 0.717) is 29.1 Å². The molecule has 128 valence electrons. The van der Waals surface area contributed by atoms with Crippen molar-refractivity contribution in [3.05, 3.63) is 71.2 Å². The van der Waals surface area contributed by atoms with E-state index in [1.807, 2.05) is 24.3 Å². The Morgan fingerprint density at radius 1 is 1.16 bits per heavy atom. The summed E-state index contributed by atoms with van der Waals surface area (Å²) >= 11 is 0. The SMILES string of the molecule is COc1ccc(CNC(=O)c2c(-c3ccc(F)cc3)noc2C)cc1. The van der Waals surface area contributed by atoms with E-state index in [-0.39, 0.29) is 11.7 Å². The highest BCUT2D eigenvalue weighted by atomic mass is 19.1. The lowest BCUT2D eigenvalue weighted by atomic mass is 10.1. The zero-order chi connectivity index (χ0) is 17.8. The van der Waals surface area contributed by atoms with Crippen molar-refractivity contribution in [2.75, 3.05) is 7.11 Å². The molecule has 1 amide bonds. The molecule has 0 bridgehead atoms. The Morgan fingerprint density at radius 2 is 1.84 bits per heavy atom. The first-order chi connectivity index (χ1) is 12.1. The average Bonchev–Trinajstić information content (AvgIpc) is 3.02. The number of aromatic nitrogens is 1. The lowest BCUT2D eigenvalue weighted by Gasteiger charge is -2.07. The first-order valence-electron chi connectivity index (χ1n) is 7.72. The number of benzene rings is 2. The van der Waals surface area contributed by atoms with Crippen molar-refractivity contribution in [2.45, 2.75) is 13.5 Å². The number of nitrogens with one attached hydrogen (secondary N) is 1. The number of amides is 1. The van der Waals surface area contributed by atoms with E-state index < -0.39 is 0 Å². The van der Waals surface area contributed by atoms with Gasteiger partial charge in [-0.15, -0.1) is 0 Å². The van der Waals surface area contributed by atoms with Gasteiger partial charge in [-0.3, -0.25) is 4.79 Å². The van der Waals surface area contributed by atoms with Gasteiger partial charge in [0.15, 0.2) is 0 Å². The highest BCUT2D eigenvalue weighted by molar-refractivity contribution is 6.00. The molecule has 2 aromatic carbocycles. The number of hydrogen-bond acceptors (Lipinski definition) is 4. The van der Waals surface area contributed by atoms with Crippen LogP contribution in [0, 0.1) is 12.7 Å². The van der Waals surface area contributed by atoms with E-state index in [4.69, 9.17) is 9.26 Å². The van der Waals surface area contributed by atoms with E-state index in [9.17, 15) is 9.18 Å². The molecule has 0 aliphatic rings. The predicted octanol–water partition coefficient (Wildman–Crippen LogP) is 3.73. The summed E-state index contributed by atoms with van der Waals surface area (Å²) in [7, 11) is 1.60. The molecule has 1 N–H and O–H groups in total. The molecule has 25 heavy (non-hydrogen) atoms. The maximum atomic E-state index is 13.1. The van der Waals surface area contributed by atoms with Gasteiger partial charge in [0, 0.05) is 12.1 Å². The minimum absolute atomic E-state index is 0.297. The second-order valence-electron chi connectivity index (χ2n) is 5.50. The molecular formula is C19H17FN2O3. The summed E-state index contributed by atoms with van der Waals surface area (Å²) in [6.07, 6.45) is 0. The smallest absolute Gasteiger partial charge is 0.257 e. The van der Waals surface area contributed by atoms with Gasteiger partial charge in [-0.2, -0.15) is 0 Å². The van der Waals surface area contributed by atoms with Crippen LogP contribution in [0.25, 0.3) is 11.3 Å². The van der Waals surface area contributed by atoms with Crippen LogP contribution >= 0.6 is 0 Å². The zero-order valence-electron chi connectivity index (χ0n) is 13.9. The van der Waals surface area contributed by atoms with E-state index >= 15 is 0 Å². The Labute approximate surface area is 144 Å². The molecule has 0 spiro atoms. The first kappa shape index (κ1) is 16.7. The Hall–Kier alpha value is -3.15. The number of aryl methyl sites for hydroxylation is 1. The van der Waals surface area contributed by atoms with E-state index in [1.54, 1.807) is 26.2 Å². The molecule has 0 fully saturated rings. The molecule has 6 heteroatoms. The lowest BCUT2D eigenvalue weighted by molar-refractivity contribution is 0.0950. The van der Waals surface area contributed by atoms with Crippen LogP contribution in [0.5, 0.6) is 5.75 Å². The molecule has 0 saturated heterocycles. The predicted molar refractivity (Wildman–Crippen MR) is 90.8 cm³/mol. The lowest BCUT2D eigenvalue weighted by Crippen LogP contribution is -2.23. The summed E-state index contributed by atoms with van der Waals surface area (Å²) in [6, 6.07) is 13.2. The minimum Gasteiger partial charge on any atom is -0.497 e. The molecule has 0 aliphatic carbocycles. The molecule has 1 aromatic heterocycles. The van der Waals surface area contributed by atoms with Gasteiger partial charge in [-0.25, -0.2) is 4.39 Å². The zero-order valence-corrected chi connectivity index (χ0v) is 13.9. The van der Waals surface area contributed by atoms with Crippen molar-refractivity contribution in [2.24, 2.45) is 0 Å². The molecule has 3 rings (SSSR count). The number of nitrogens with zero attached hydrogens (tertiary/aromatic N) is 1. The van der Waals surface area contributed by atoms with Gasteiger partial charge in [-0.05, 0) is 48.9 Å². The summed E-state index contributed by atoms with van der Waals surface area (Å²) in [6.45, 7) is 2.03. The van der Waals surface area contributed by atoms with E-state index in [0.717, 1.165) is 11.3 Å². The van der Waals surface area contributed by atoms with Gasteiger partial charge < -0.3 is 14.6 Å². The number of ether oxygens (including phenoxy) is 1. The number of rotatable bonds is 5. The van der Waals surface area contributed by atoms with E-state index in [1.165, 1.54) is 12.1 Å². The molecule has 1 heterocycles. The molecule has 3 aromatic rings. The van der Waals surface area contributed by atoms with Crippen molar-refractivity contribution in [3.63, 3.8) is 0 Å². The van der Waals surface area contributed by atoms with Gasteiger partial charge in [0.25, 0.3) is 5.91 Å². The third kappa shape index (κ3) is 3.68. The Balaban J connectivity index is 1.77. The maximum Gasteiger partial charge on any atom is 0.257 e. The summed E-state index contributed by atoms with van der Waals surface area (Å²) in [4.78, 5) is 12.6. The normalized spacial score (nSPS) is 10.5. The van der Waals surface area contributed by atoms with Crippen LogP contribution in [0.2, 0.25) is 0 Å². The minimum atomic E-state index is -0.352. The number of hydrogen-bond donors (Lipinski definition) is 1. The molecule has 0 radical (unpaired) electrons. The van der Waals surface area contributed by atoms with Crippen molar-refractivity contribution >= 4 is 5.91 Å². The molecule has 0 saturated carbocycles. The molecule has 5 nitrogen and oxygen atoms in total. The first-order valence-corrected chi connectivity index (χ1v) is 7.72. The molecular weight excluding hydrogens is 323 g/mol. The fourth-order valence-corrected chi connectivity index (χ4v) is 2.46. The van der Waals surface area contributed by atoms with Crippen LogP contribution in [0.15, 0.2) is 53.1 Å². The highest BCUT2D eigenvalue weighted by Gasteiger charge is 2.21. The topological polar surface area (TPSA) is 64.4 Å². The number of carbonyl (C=O) groups excluding carboxylic acids is 1. The van der Waals surface area contributed by atoms with Crippen molar-refractivity contribution in [1.82, 2.24) is 10.5 Å². The van der Waals surface area contributed by atoms with Crippen molar-refractivity contribution in [1.29, 1.82) is 0 Å². The monoisotopic (exact) mass is 340 g/mol. The van der Waals surface area contributed by atoms with Crippen LogP contribution in [-0.2, 0) is 6.54 Å². The Bertz CT molecular complexity index is 871. The van der Waals surface area contributed by atoms with Crippen LogP contribution in [0.4, 0.5) is 4.39 Å². The quantitative estimate of drug-likeness (QED) is 0.769.